The molecule has 10 heteroatoms. The van der Waals surface area contributed by atoms with E-state index in [4.69, 9.17) is 0 Å². The molecule has 0 saturated heterocycles. The average Bonchev–Trinajstić information content (AvgIpc) is 3.34. The Balaban J connectivity index is 1.60. The minimum Gasteiger partial charge on any atom is -0.611 e. The third kappa shape index (κ3) is 3.49. The first-order valence-corrected chi connectivity index (χ1v) is 11.0. The topological polar surface area (TPSA) is 82.5 Å². The molecule has 0 saturated carbocycles. The second-order valence-electron chi connectivity index (χ2n) is 7.65. The van der Waals surface area contributed by atoms with Crippen LogP contribution in [0.1, 0.15) is 34.6 Å². The quantitative estimate of drug-likeness (QED) is 0.484. The van der Waals surface area contributed by atoms with Crippen molar-refractivity contribution in [2.24, 2.45) is 0 Å². The lowest BCUT2D eigenvalue weighted by Crippen LogP contribution is -2.28. The molecule has 0 fully saturated rings. The van der Waals surface area contributed by atoms with Gasteiger partial charge in [-0.3, -0.25) is 0 Å². The fraction of sp³-hybridized carbons (Fsp3) is 0.286. The molecule has 0 amide bonds. The molecule has 160 valence electrons. The third-order valence-electron chi connectivity index (χ3n) is 5.77. The van der Waals surface area contributed by atoms with Crippen LogP contribution in [-0.4, -0.2) is 35.5 Å². The summed E-state index contributed by atoms with van der Waals surface area (Å²) in [6, 6.07) is 9.21. The number of nitrogens with one attached hydrogen (secondary N) is 1. The summed E-state index contributed by atoms with van der Waals surface area (Å²) >= 11 is -1.42. The van der Waals surface area contributed by atoms with Crippen LogP contribution in [-0.2, 0) is 30.1 Å². The molecule has 4 aromatic rings. The molecule has 2 aromatic heterocycles. The number of hydrogen-bond acceptors (Lipinski definition) is 4. The SMILES string of the molecule is Cc1c(Cc2ccc3c(c2)C(F)(F)CC[S+]3[O-])c2cc(F)ccc2n1Cc1nn[nH]n1. The summed E-state index contributed by atoms with van der Waals surface area (Å²) in [6.45, 7) is 2.24. The van der Waals surface area contributed by atoms with Crippen molar-refractivity contribution in [1.82, 2.24) is 25.2 Å². The van der Waals surface area contributed by atoms with E-state index in [1.165, 1.54) is 24.3 Å². The highest BCUT2D eigenvalue weighted by Gasteiger charge is 2.43. The number of nitrogens with zero attached hydrogens (tertiary/aromatic N) is 4. The Labute approximate surface area is 178 Å². The Bertz CT molecular complexity index is 1270. The number of aromatic nitrogens is 5. The molecular formula is C21H18F3N5OS. The fourth-order valence-electron chi connectivity index (χ4n) is 4.18. The number of benzene rings is 2. The van der Waals surface area contributed by atoms with Crippen molar-refractivity contribution in [3.05, 3.63) is 70.4 Å². The molecule has 2 aromatic carbocycles. The Hall–Kier alpha value is -2.85. The highest BCUT2D eigenvalue weighted by atomic mass is 32.2. The lowest BCUT2D eigenvalue weighted by atomic mass is 9.97. The van der Waals surface area contributed by atoms with Gasteiger partial charge in [-0.05, 0) is 66.0 Å². The summed E-state index contributed by atoms with van der Waals surface area (Å²) in [5, 5.41) is 14.7. The van der Waals surface area contributed by atoms with E-state index in [-0.39, 0.29) is 22.0 Å². The van der Waals surface area contributed by atoms with Gasteiger partial charge in [0.05, 0.1) is 18.5 Å². The van der Waals surface area contributed by atoms with Crippen LogP contribution in [0, 0.1) is 12.7 Å². The van der Waals surface area contributed by atoms with Gasteiger partial charge < -0.3 is 9.12 Å². The number of aromatic amines is 1. The van der Waals surface area contributed by atoms with Gasteiger partial charge in [0, 0.05) is 16.6 Å². The molecule has 1 aliphatic rings. The van der Waals surface area contributed by atoms with Crippen molar-refractivity contribution in [3.8, 4) is 0 Å². The highest BCUT2D eigenvalue weighted by Crippen LogP contribution is 2.42. The molecule has 1 unspecified atom stereocenters. The zero-order chi connectivity index (χ0) is 21.8. The second kappa shape index (κ2) is 7.38. The standard InChI is InChI=1S/C21H18F3N5OS/c1-12-15(8-13-2-5-19-17(9-13)21(23,24)6-7-31(19)30)16-10-14(22)3-4-18(16)29(12)11-20-25-27-28-26-20/h2-5,9-10H,6-8,11H2,1H3,(H,25,26,27,28). The minimum absolute atomic E-state index is 0.0404. The monoisotopic (exact) mass is 445 g/mol. The van der Waals surface area contributed by atoms with E-state index in [2.05, 4.69) is 20.6 Å². The van der Waals surface area contributed by atoms with E-state index in [1.807, 2.05) is 11.5 Å². The highest BCUT2D eigenvalue weighted by molar-refractivity contribution is 7.91. The van der Waals surface area contributed by atoms with Crippen LogP contribution in [0.2, 0.25) is 0 Å². The molecular weight excluding hydrogens is 427 g/mol. The first-order valence-electron chi connectivity index (χ1n) is 9.72. The molecule has 1 atom stereocenters. The van der Waals surface area contributed by atoms with Crippen LogP contribution < -0.4 is 0 Å². The lowest BCUT2D eigenvalue weighted by molar-refractivity contribution is -0.0127. The van der Waals surface area contributed by atoms with Crippen LogP contribution in [0.5, 0.6) is 0 Å². The van der Waals surface area contributed by atoms with Crippen LogP contribution in [0.4, 0.5) is 13.2 Å². The van der Waals surface area contributed by atoms with Crippen molar-refractivity contribution >= 4 is 22.1 Å². The van der Waals surface area contributed by atoms with Gasteiger partial charge in [-0.2, -0.15) is 5.21 Å². The zero-order valence-corrected chi connectivity index (χ0v) is 17.3. The predicted molar refractivity (Wildman–Crippen MR) is 109 cm³/mol. The molecule has 31 heavy (non-hydrogen) atoms. The van der Waals surface area contributed by atoms with Gasteiger partial charge in [-0.1, -0.05) is 11.3 Å². The number of alkyl halides is 2. The van der Waals surface area contributed by atoms with E-state index in [0.717, 1.165) is 16.8 Å². The van der Waals surface area contributed by atoms with E-state index in [1.54, 1.807) is 12.1 Å². The molecule has 3 heterocycles. The van der Waals surface area contributed by atoms with Crippen molar-refractivity contribution in [2.75, 3.05) is 5.75 Å². The summed E-state index contributed by atoms with van der Waals surface area (Å²) in [4.78, 5) is 0.197. The summed E-state index contributed by atoms with van der Waals surface area (Å²) in [7, 11) is 0. The maximum Gasteiger partial charge on any atom is 0.282 e. The van der Waals surface area contributed by atoms with Gasteiger partial charge in [-0.15, -0.1) is 10.2 Å². The Morgan fingerprint density at radius 3 is 2.84 bits per heavy atom. The van der Waals surface area contributed by atoms with Gasteiger partial charge in [0.15, 0.2) is 10.7 Å². The Kier molecular flexibility index (Phi) is 4.78. The molecule has 6 nitrogen and oxygen atoms in total. The summed E-state index contributed by atoms with van der Waals surface area (Å²) in [5.74, 6) is -2.95. The first-order chi connectivity index (χ1) is 14.8. The van der Waals surface area contributed by atoms with Crippen LogP contribution >= 0.6 is 0 Å². The van der Waals surface area contributed by atoms with E-state index in [9.17, 15) is 17.7 Å². The molecule has 1 N–H and O–H groups in total. The maximum atomic E-state index is 14.5. The van der Waals surface area contributed by atoms with Gasteiger partial charge in [0.25, 0.3) is 5.92 Å². The Morgan fingerprint density at radius 1 is 1.23 bits per heavy atom. The number of H-pyrrole nitrogens is 1. The molecule has 1 aliphatic heterocycles. The fourth-order valence-corrected chi connectivity index (χ4v) is 5.52. The van der Waals surface area contributed by atoms with Crippen molar-refractivity contribution in [2.45, 2.75) is 37.1 Å². The molecule has 0 bridgehead atoms. The van der Waals surface area contributed by atoms with Crippen molar-refractivity contribution in [3.63, 3.8) is 0 Å². The number of fused-ring (bicyclic) bond motifs is 2. The van der Waals surface area contributed by atoms with Crippen LogP contribution in [0.3, 0.4) is 0 Å². The van der Waals surface area contributed by atoms with Gasteiger partial charge in [-0.25, -0.2) is 13.2 Å². The lowest BCUT2D eigenvalue weighted by Gasteiger charge is -2.26. The molecule has 0 spiro atoms. The Morgan fingerprint density at radius 2 is 2.06 bits per heavy atom. The number of tetrazole rings is 1. The van der Waals surface area contributed by atoms with Gasteiger partial charge in [0.1, 0.15) is 11.6 Å². The summed E-state index contributed by atoms with van der Waals surface area (Å²) < 4.78 is 57.2. The molecule has 5 rings (SSSR count). The number of rotatable bonds is 4. The normalized spacial score (nSPS) is 17.8. The third-order valence-corrected chi connectivity index (χ3v) is 7.19. The second-order valence-corrected chi connectivity index (χ2v) is 9.19. The number of halogens is 3. The summed E-state index contributed by atoms with van der Waals surface area (Å²) in [5.41, 5.74) is 2.97. The molecule has 0 aliphatic carbocycles. The summed E-state index contributed by atoms with van der Waals surface area (Å²) in [6.07, 6.45) is -0.0919. The minimum atomic E-state index is -3.01. The van der Waals surface area contributed by atoms with E-state index >= 15 is 0 Å². The smallest absolute Gasteiger partial charge is 0.282 e. The van der Waals surface area contributed by atoms with Crippen LogP contribution in [0.25, 0.3) is 10.9 Å². The van der Waals surface area contributed by atoms with Crippen molar-refractivity contribution in [1.29, 1.82) is 0 Å². The first kappa shape index (κ1) is 20.1. The van der Waals surface area contributed by atoms with E-state index < -0.39 is 23.5 Å². The van der Waals surface area contributed by atoms with Gasteiger partial charge in [0.2, 0.25) is 0 Å². The largest absolute Gasteiger partial charge is 0.611 e. The van der Waals surface area contributed by atoms with Gasteiger partial charge >= 0.3 is 0 Å². The predicted octanol–water partition coefficient (Wildman–Crippen LogP) is 3.84. The van der Waals surface area contributed by atoms with Crippen LogP contribution in [0.15, 0.2) is 41.3 Å². The zero-order valence-electron chi connectivity index (χ0n) is 16.5. The van der Waals surface area contributed by atoms with Crippen molar-refractivity contribution < 1.29 is 17.7 Å². The van der Waals surface area contributed by atoms with E-state index in [0.29, 0.717) is 29.7 Å². The average molecular weight is 445 g/mol. The molecule has 0 radical (unpaired) electrons. The number of hydrogen-bond donors (Lipinski definition) is 1. The maximum absolute atomic E-state index is 14.5.